The molecule has 1 atom stereocenters. The van der Waals surface area contributed by atoms with Gasteiger partial charge in [0.2, 0.25) is 0 Å². The van der Waals surface area contributed by atoms with E-state index < -0.39 is 5.97 Å². The maximum atomic E-state index is 13.4. The first-order valence-electron chi connectivity index (χ1n) is 12.3. The molecule has 1 aliphatic rings. The van der Waals surface area contributed by atoms with E-state index in [0.717, 1.165) is 42.5 Å². The number of ether oxygens (including phenoxy) is 1. The van der Waals surface area contributed by atoms with Gasteiger partial charge in [-0.1, -0.05) is 18.2 Å². The molecular weight excluding hydrogens is 460 g/mol. The number of aromatic nitrogens is 2. The minimum atomic E-state index is -0.797. The fourth-order valence-corrected chi connectivity index (χ4v) is 5.49. The molecule has 2 aromatic heterocycles. The van der Waals surface area contributed by atoms with E-state index in [1.807, 2.05) is 36.1 Å². The van der Waals surface area contributed by atoms with Crippen LogP contribution in [0.15, 0.2) is 35.1 Å². The number of aromatic amines is 1. The van der Waals surface area contributed by atoms with Crippen molar-refractivity contribution in [3.8, 4) is 5.75 Å². The van der Waals surface area contributed by atoms with Crippen LogP contribution in [0.25, 0.3) is 10.9 Å². The Balaban J connectivity index is 1.59. The van der Waals surface area contributed by atoms with E-state index in [1.54, 1.807) is 13.0 Å². The molecule has 4 rings (SSSR count). The minimum absolute atomic E-state index is 0.0498. The van der Waals surface area contributed by atoms with Gasteiger partial charge in [0.25, 0.3) is 11.5 Å². The number of aliphatic carboxylic acids is 1. The third-order valence-corrected chi connectivity index (χ3v) is 7.34. The summed E-state index contributed by atoms with van der Waals surface area (Å²) in [5, 5.41) is 12.9. The van der Waals surface area contributed by atoms with Crippen molar-refractivity contribution in [3.63, 3.8) is 0 Å². The molecule has 36 heavy (non-hydrogen) atoms. The molecule has 0 unspecified atom stereocenters. The Hall–Kier alpha value is -3.59. The number of piperidine rings is 1. The predicted molar refractivity (Wildman–Crippen MR) is 138 cm³/mol. The van der Waals surface area contributed by atoms with Gasteiger partial charge in [-0.3, -0.25) is 19.3 Å². The molecule has 0 aliphatic carbocycles. The quantitative estimate of drug-likeness (QED) is 0.443. The summed E-state index contributed by atoms with van der Waals surface area (Å²) in [6.07, 6.45) is 1.80. The van der Waals surface area contributed by atoms with Gasteiger partial charge in [-0.05, 0) is 64.8 Å². The number of carboxylic acid groups (broad SMARTS) is 1. The van der Waals surface area contributed by atoms with Crippen molar-refractivity contribution in [1.29, 1.82) is 0 Å². The Morgan fingerprint density at radius 1 is 1.22 bits per heavy atom. The number of nitrogens with one attached hydrogen (secondary N) is 2. The maximum Gasteiger partial charge on any atom is 0.317 e. The summed E-state index contributed by atoms with van der Waals surface area (Å²) in [6, 6.07) is 9.76. The first kappa shape index (κ1) is 25.5. The monoisotopic (exact) mass is 494 g/mol. The summed E-state index contributed by atoms with van der Waals surface area (Å²) in [7, 11) is 1.50. The van der Waals surface area contributed by atoms with Crippen molar-refractivity contribution in [3.05, 3.63) is 63.2 Å². The van der Waals surface area contributed by atoms with Crippen LogP contribution in [0.1, 0.15) is 53.1 Å². The van der Waals surface area contributed by atoms with E-state index in [1.165, 1.54) is 7.11 Å². The molecule has 9 heteroatoms. The SMILES string of the molecule is COc1cc(C)[nH]c(=O)c1CNC(=O)c1c(C)n([C@@H](C)C2CCN(CC(=O)O)CC2)c2ccccc12. The summed E-state index contributed by atoms with van der Waals surface area (Å²) in [5.74, 6) is -0.225. The van der Waals surface area contributed by atoms with Gasteiger partial charge >= 0.3 is 5.97 Å². The smallest absolute Gasteiger partial charge is 0.317 e. The number of pyridine rings is 1. The first-order valence-corrected chi connectivity index (χ1v) is 12.3. The lowest BCUT2D eigenvalue weighted by molar-refractivity contribution is -0.138. The summed E-state index contributed by atoms with van der Waals surface area (Å²) < 4.78 is 7.60. The van der Waals surface area contributed by atoms with E-state index in [0.29, 0.717) is 28.5 Å². The number of benzene rings is 1. The first-order chi connectivity index (χ1) is 17.2. The number of hydrogen-bond acceptors (Lipinski definition) is 5. The lowest BCUT2D eigenvalue weighted by atomic mass is 9.90. The Labute approximate surface area is 210 Å². The number of likely N-dealkylation sites (tertiary alicyclic amines) is 1. The second-order valence-corrected chi connectivity index (χ2v) is 9.61. The third kappa shape index (κ3) is 5.02. The summed E-state index contributed by atoms with van der Waals surface area (Å²) >= 11 is 0. The Kier molecular flexibility index (Phi) is 7.49. The standard InChI is InChI=1S/C27H34N4O5/c1-16-13-23(36-4)21(26(34)29-16)14-28-27(35)25-18(3)31(22-8-6-5-7-20(22)25)17(2)19-9-11-30(12-10-19)15-24(32)33/h5-8,13,17,19H,9-12,14-15H2,1-4H3,(H,28,35)(H,29,34)(H,32,33)/t17-/m0/s1. The van der Waals surface area contributed by atoms with Gasteiger partial charge in [0.05, 0.1) is 31.3 Å². The molecule has 3 aromatic rings. The molecule has 1 fully saturated rings. The highest BCUT2D eigenvalue weighted by Crippen LogP contribution is 2.35. The molecule has 0 saturated carbocycles. The second kappa shape index (κ2) is 10.6. The summed E-state index contributed by atoms with van der Waals surface area (Å²) in [6.45, 7) is 7.54. The van der Waals surface area contributed by atoms with Gasteiger partial charge in [0.1, 0.15) is 5.75 Å². The van der Waals surface area contributed by atoms with Crippen molar-refractivity contribution in [2.75, 3.05) is 26.7 Å². The molecule has 192 valence electrons. The van der Waals surface area contributed by atoms with E-state index in [-0.39, 0.29) is 30.6 Å². The highest BCUT2D eigenvalue weighted by Gasteiger charge is 2.29. The van der Waals surface area contributed by atoms with E-state index >= 15 is 0 Å². The fraction of sp³-hybridized carbons (Fsp3) is 0.444. The van der Waals surface area contributed by atoms with E-state index in [2.05, 4.69) is 21.8 Å². The molecule has 3 N–H and O–H groups in total. The fourth-order valence-electron chi connectivity index (χ4n) is 5.49. The van der Waals surface area contributed by atoms with Crippen molar-refractivity contribution in [2.45, 2.75) is 46.2 Å². The Bertz CT molecular complexity index is 1330. The molecule has 1 amide bonds. The van der Waals surface area contributed by atoms with Crippen LogP contribution in [0, 0.1) is 19.8 Å². The van der Waals surface area contributed by atoms with Crippen LogP contribution in [0.5, 0.6) is 5.75 Å². The highest BCUT2D eigenvalue weighted by molar-refractivity contribution is 6.08. The second-order valence-electron chi connectivity index (χ2n) is 9.61. The number of H-pyrrole nitrogens is 1. The van der Waals surface area contributed by atoms with Crippen LogP contribution >= 0.6 is 0 Å². The molecule has 1 saturated heterocycles. The van der Waals surface area contributed by atoms with Crippen molar-refractivity contribution >= 4 is 22.8 Å². The molecule has 0 bridgehead atoms. The molecule has 3 heterocycles. The number of fused-ring (bicyclic) bond motifs is 1. The molecule has 0 radical (unpaired) electrons. The van der Waals surface area contributed by atoms with Crippen molar-refractivity contribution in [1.82, 2.24) is 19.8 Å². The van der Waals surface area contributed by atoms with Crippen LogP contribution in [0.2, 0.25) is 0 Å². The predicted octanol–water partition coefficient (Wildman–Crippen LogP) is 3.24. The third-order valence-electron chi connectivity index (χ3n) is 7.34. The van der Waals surface area contributed by atoms with Gasteiger partial charge in [0, 0.05) is 28.3 Å². The van der Waals surface area contributed by atoms with E-state index in [9.17, 15) is 14.4 Å². The number of amides is 1. The lowest BCUT2D eigenvalue weighted by Gasteiger charge is -2.35. The van der Waals surface area contributed by atoms with Gasteiger partial charge < -0.3 is 24.7 Å². The Morgan fingerprint density at radius 2 is 1.92 bits per heavy atom. The number of nitrogens with zero attached hydrogens (tertiary/aromatic N) is 2. The number of methoxy groups -OCH3 is 1. The molecule has 1 aliphatic heterocycles. The highest BCUT2D eigenvalue weighted by atomic mass is 16.5. The number of para-hydroxylation sites is 1. The number of rotatable bonds is 8. The van der Waals surface area contributed by atoms with Gasteiger partial charge in [-0.2, -0.15) is 0 Å². The largest absolute Gasteiger partial charge is 0.496 e. The average Bonchev–Trinajstić information content (AvgIpc) is 3.14. The molecule has 0 spiro atoms. The van der Waals surface area contributed by atoms with Gasteiger partial charge in [-0.25, -0.2) is 0 Å². The normalized spacial score (nSPS) is 15.7. The van der Waals surface area contributed by atoms with E-state index in [4.69, 9.17) is 9.84 Å². The van der Waals surface area contributed by atoms with Crippen molar-refractivity contribution in [2.24, 2.45) is 5.92 Å². The zero-order chi connectivity index (χ0) is 26.0. The lowest BCUT2D eigenvalue weighted by Crippen LogP contribution is -2.39. The van der Waals surface area contributed by atoms with Crippen LogP contribution in [-0.4, -0.2) is 58.2 Å². The zero-order valence-corrected chi connectivity index (χ0v) is 21.3. The van der Waals surface area contributed by atoms with Crippen LogP contribution in [-0.2, 0) is 11.3 Å². The molecule has 1 aromatic carbocycles. The number of carbonyl (C=O) groups is 2. The average molecular weight is 495 g/mol. The van der Waals surface area contributed by atoms with Crippen LogP contribution in [0.3, 0.4) is 0 Å². The maximum absolute atomic E-state index is 13.4. The molecule has 9 nitrogen and oxygen atoms in total. The Morgan fingerprint density at radius 3 is 2.58 bits per heavy atom. The van der Waals surface area contributed by atoms with Gasteiger partial charge in [0.15, 0.2) is 0 Å². The number of carboxylic acids is 1. The van der Waals surface area contributed by atoms with Crippen LogP contribution < -0.4 is 15.6 Å². The van der Waals surface area contributed by atoms with Gasteiger partial charge in [-0.15, -0.1) is 0 Å². The minimum Gasteiger partial charge on any atom is -0.496 e. The summed E-state index contributed by atoms with van der Waals surface area (Å²) in [5.41, 5.74) is 3.25. The van der Waals surface area contributed by atoms with Crippen LogP contribution in [0.4, 0.5) is 0 Å². The summed E-state index contributed by atoms with van der Waals surface area (Å²) in [4.78, 5) is 41.7. The number of aryl methyl sites for hydroxylation is 1. The number of hydrogen-bond donors (Lipinski definition) is 3. The zero-order valence-electron chi connectivity index (χ0n) is 21.3. The van der Waals surface area contributed by atoms with Crippen molar-refractivity contribution < 1.29 is 19.4 Å². The number of carbonyl (C=O) groups excluding carboxylic acids is 1. The molecular formula is C27H34N4O5. The topological polar surface area (TPSA) is 117 Å².